The van der Waals surface area contributed by atoms with Crippen molar-refractivity contribution in [3.8, 4) is 0 Å². The summed E-state index contributed by atoms with van der Waals surface area (Å²) in [6, 6.07) is 2.06. The van der Waals surface area contributed by atoms with Gasteiger partial charge in [0.15, 0.2) is 0 Å². The lowest BCUT2D eigenvalue weighted by Crippen LogP contribution is -2.06. The van der Waals surface area contributed by atoms with Gasteiger partial charge in [0.1, 0.15) is 12.4 Å². The molecule has 0 aliphatic heterocycles. The third-order valence-electron chi connectivity index (χ3n) is 3.49. The fourth-order valence-corrected chi connectivity index (χ4v) is 2.88. The quantitative estimate of drug-likeness (QED) is 0.499. The van der Waals surface area contributed by atoms with Gasteiger partial charge >= 0.3 is 5.97 Å². The van der Waals surface area contributed by atoms with Crippen molar-refractivity contribution in [1.29, 1.82) is 0 Å². The highest BCUT2D eigenvalue weighted by Crippen LogP contribution is 2.22. The summed E-state index contributed by atoms with van der Waals surface area (Å²) >= 11 is 1.39. The second kappa shape index (κ2) is 7.23. The minimum atomic E-state index is -0.289. The second-order valence-corrected chi connectivity index (χ2v) is 6.11. The Labute approximate surface area is 139 Å². The first kappa shape index (κ1) is 17.0. The van der Waals surface area contributed by atoms with E-state index in [1.807, 2.05) is 20.8 Å². The lowest BCUT2D eigenvalue weighted by Gasteiger charge is -2.14. The monoisotopic (exact) mass is 332 g/mol. The van der Waals surface area contributed by atoms with Crippen molar-refractivity contribution in [2.45, 2.75) is 34.3 Å². The molecule has 2 rings (SSSR count). The average molecular weight is 332 g/mol. The molecule has 0 radical (unpaired) electrons. The van der Waals surface area contributed by atoms with Gasteiger partial charge in [-0.2, -0.15) is 5.10 Å². The fourth-order valence-electron chi connectivity index (χ4n) is 2.33. The molecule has 0 atom stereocenters. The summed E-state index contributed by atoms with van der Waals surface area (Å²) in [6.07, 6.45) is 1.75. The Bertz CT molecular complexity index is 753. The summed E-state index contributed by atoms with van der Waals surface area (Å²) in [5.41, 5.74) is 13.7. The number of anilines is 2. The maximum absolute atomic E-state index is 11.0. The number of aryl methyl sites for hydroxylation is 2. The van der Waals surface area contributed by atoms with Crippen molar-refractivity contribution >= 4 is 34.5 Å². The van der Waals surface area contributed by atoms with E-state index >= 15 is 0 Å². The van der Waals surface area contributed by atoms with Crippen molar-refractivity contribution < 1.29 is 9.53 Å². The van der Waals surface area contributed by atoms with Gasteiger partial charge in [-0.25, -0.2) is 4.98 Å². The summed E-state index contributed by atoms with van der Waals surface area (Å²) < 4.78 is 5.14. The number of aromatic nitrogens is 1. The predicted octanol–water partition coefficient (Wildman–Crippen LogP) is 3.16. The fraction of sp³-hybridized carbons (Fsp3) is 0.312. The largest absolute Gasteiger partial charge is 0.461 e. The van der Waals surface area contributed by atoms with E-state index < -0.39 is 0 Å². The normalized spacial score (nSPS) is 11.0. The van der Waals surface area contributed by atoms with Crippen LogP contribution >= 0.6 is 11.3 Å². The molecule has 0 unspecified atom stereocenters. The SMILES string of the molecule is CC(=O)OCc1c(C)cc(C)c(C=NNc2nc(N)cs2)c1C. The summed E-state index contributed by atoms with van der Waals surface area (Å²) in [5, 5.41) is 6.61. The lowest BCUT2D eigenvalue weighted by atomic mass is 9.94. The molecule has 0 aliphatic rings. The van der Waals surface area contributed by atoms with E-state index in [-0.39, 0.29) is 12.6 Å². The number of carbonyl (C=O) groups is 1. The van der Waals surface area contributed by atoms with Crippen LogP contribution in [0.25, 0.3) is 0 Å². The number of ether oxygens (including phenoxy) is 1. The molecule has 0 saturated heterocycles. The number of rotatable bonds is 5. The number of benzene rings is 1. The van der Waals surface area contributed by atoms with Crippen molar-refractivity contribution in [2.75, 3.05) is 11.2 Å². The molecule has 0 fully saturated rings. The molecule has 2 aromatic rings. The third kappa shape index (κ3) is 4.29. The molecule has 122 valence electrons. The molecule has 7 heteroatoms. The van der Waals surface area contributed by atoms with Crippen LogP contribution in [0, 0.1) is 20.8 Å². The van der Waals surface area contributed by atoms with Crippen LogP contribution in [0.15, 0.2) is 16.5 Å². The van der Waals surface area contributed by atoms with Crippen LogP contribution in [0.3, 0.4) is 0 Å². The van der Waals surface area contributed by atoms with Gasteiger partial charge in [-0.15, -0.1) is 11.3 Å². The third-order valence-corrected chi connectivity index (χ3v) is 4.25. The molecule has 0 bridgehead atoms. The zero-order chi connectivity index (χ0) is 17.0. The molecule has 6 nitrogen and oxygen atoms in total. The number of nitrogens with zero attached hydrogens (tertiary/aromatic N) is 2. The van der Waals surface area contributed by atoms with Gasteiger partial charge in [-0.05, 0) is 43.0 Å². The number of hydrazone groups is 1. The Balaban J connectivity index is 2.23. The zero-order valence-corrected chi connectivity index (χ0v) is 14.5. The molecule has 1 heterocycles. The predicted molar refractivity (Wildman–Crippen MR) is 93.9 cm³/mol. The summed E-state index contributed by atoms with van der Waals surface area (Å²) in [4.78, 5) is 15.1. The number of thiazole rings is 1. The first-order valence-corrected chi connectivity index (χ1v) is 7.99. The number of esters is 1. The lowest BCUT2D eigenvalue weighted by molar-refractivity contribution is -0.142. The van der Waals surface area contributed by atoms with Gasteiger partial charge in [0.2, 0.25) is 5.13 Å². The average Bonchev–Trinajstić information content (AvgIpc) is 2.87. The van der Waals surface area contributed by atoms with E-state index in [4.69, 9.17) is 10.5 Å². The minimum absolute atomic E-state index is 0.268. The van der Waals surface area contributed by atoms with Gasteiger partial charge in [0.25, 0.3) is 0 Å². The second-order valence-electron chi connectivity index (χ2n) is 5.26. The standard InChI is InChI=1S/C16H20N4O2S/c1-9-5-10(2)14(7-22-12(4)21)11(3)13(9)6-18-20-16-19-15(17)8-23-16/h5-6,8H,7,17H2,1-4H3,(H,19,20). The molecule has 23 heavy (non-hydrogen) atoms. The van der Waals surface area contributed by atoms with Gasteiger partial charge in [0.05, 0.1) is 6.21 Å². The first-order chi connectivity index (χ1) is 10.9. The highest BCUT2D eigenvalue weighted by molar-refractivity contribution is 7.14. The molecule has 0 spiro atoms. The van der Waals surface area contributed by atoms with E-state index in [2.05, 4.69) is 21.6 Å². The highest BCUT2D eigenvalue weighted by atomic mass is 32.1. The van der Waals surface area contributed by atoms with E-state index in [1.54, 1.807) is 11.6 Å². The summed E-state index contributed by atoms with van der Waals surface area (Å²) in [6.45, 7) is 7.71. The van der Waals surface area contributed by atoms with Crippen LogP contribution in [-0.2, 0) is 16.1 Å². The van der Waals surface area contributed by atoms with Gasteiger partial charge < -0.3 is 10.5 Å². The molecule has 3 N–H and O–H groups in total. The molecule has 1 aromatic heterocycles. The Morgan fingerprint density at radius 2 is 2.17 bits per heavy atom. The minimum Gasteiger partial charge on any atom is -0.461 e. The molecule has 1 aromatic carbocycles. The summed E-state index contributed by atoms with van der Waals surface area (Å²) in [5.74, 6) is 0.182. The van der Waals surface area contributed by atoms with Crippen LogP contribution in [0.1, 0.15) is 34.7 Å². The maximum Gasteiger partial charge on any atom is 0.302 e. The summed E-state index contributed by atoms with van der Waals surface area (Å²) in [7, 11) is 0. The van der Waals surface area contributed by atoms with E-state index in [0.717, 1.165) is 27.8 Å². The first-order valence-electron chi connectivity index (χ1n) is 7.11. The van der Waals surface area contributed by atoms with E-state index in [1.165, 1.54) is 18.3 Å². The number of nitrogen functional groups attached to an aromatic ring is 1. The van der Waals surface area contributed by atoms with Crippen LogP contribution in [0.4, 0.5) is 10.9 Å². The Hall–Kier alpha value is -2.41. The van der Waals surface area contributed by atoms with Crippen LogP contribution < -0.4 is 11.2 Å². The van der Waals surface area contributed by atoms with E-state index in [0.29, 0.717) is 10.9 Å². The Morgan fingerprint density at radius 1 is 1.43 bits per heavy atom. The molecular formula is C16H20N4O2S. The molecule has 0 saturated carbocycles. The Kier molecular flexibility index (Phi) is 5.33. The van der Waals surface area contributed by atoms with Crippen molar-refractivity contribution in [3.63, 3.8) is 0 Å². The van der Waals surface area contributed by atoms with Gasteiger partial charge in [-0.1, -0.05) is 6.07 Å². The van der Waals surface area contributed by atoms with Crippen LogP contribution in [0.2, 0.25) is 0 Å². The smallest absolute Gasteiger partial charge is 0.302 e. The van der Waals surface area contributed by atoms with Crippen molar-refractivity contribution in [3.05, 3.63) is 39.3 Å². The zero-order valence-electron chi connectivity index (χ0n) is 13.6. The van der Waals surface area contributed by atoms with E-state index in [9.17, 15) is 4.79 Å². The molecule has 0 amide bonds. The highest BCUT2D eigenvalue weighted by Gasteiger charge is 2.11. The number of carbonyl (C=O) groups excluding carboxylic acids is 1. The number of hydrogen-bond donors (Lipinski definition) is 2. The number of nitrogens with two attached hydrogens (primary N) is 1. The Morgan fingerprint density at radius 3 is 2.78 bits per heavy atom. The topological polar surface area (TPSA) is 89.6 Å². The number of nitrogens with one attached hydrogen (secondary N) is 1. The van der Waals surface area contributed by atoms with Crippen molar-refractivity contribution in [2.24, 2.45) is 5.10 Å². The molecule has 0 aliphatic carbocycles. The van der Waals surface area contributed by atoms with Crippen molar-refractivity contribution in [1.82, 2.24) is 4.98 Å². The van der Waals surface area contributed by atoms with Crippen LogP contribution in [-0.4, -0.2) is 17.2 Å². The molecular weight excluding hydrogens is 312 g/mol. The number of hydrogen-bond acceptors (Lipinski definition) is 7. The maximum atomic E-state index is 11.0. The van der Waals surface area contributed by atoms with Gasteiger partial charge in [0, 0.05) is 17.9 Å². The van der Waals surface area contributed by atoms with Crippen LogP contribution in [0.5, 0.6) is 0 Å². The van der Waals surface area contributed by atoms with Gasteiger partial charge in [-0.3, -0.25) is 10.2 Å².